The van der Waals surface area contributed by atoms with Gasteiger partial charge in [-0.2, -0.15) is 17.7 Å². The molecular weight excluding hydrogens is 473 g/mol. The van der Waals surface area contributed by atoms with E-state index >= 15 is 0 Å². The fourth-order valence-corrected chi connectivity index (χ4v) is 3.98. The number of hydrogen-bond donors (Lipinski definition) is 1. The number of likely N-dealkylation sites (tertiary alicyclic amines) is 1. The summed E-state index contributed by atoms with van der Waals surface area (Å²) < 4.78 is 0. The molecule has 1 atom stereocenters. The second kappa shape index (κ2) is 12.2. The number of rotatable bonds is 8. The largest absolute Gasteiger partial charge is 2.00 e. The van der Waals surface area contributed by atoms with Crippen molar-refractivity contribution in [2.75, 3.05) is 13.1 Å². The number of aliphatic imine (C=N–C) groups is 1. The molecule has 1 heterocycles. The summed E-state index contributed by atoms with van der Waals surface area (Å²) >= 11 is 0. The van der Waals surface area contributed by atoms with Gasteiger partial charge in [-0.05, 0) is 24.9 Å². The zero-order valence-electron chi connectivity index (χ0n) is 18.5. The summed E-state index contributed by atoms with van der Waals surface area (Å²) in [7, 11) is 0. The van der Waals surface area contributed by atoms with Gasteiger partial charge in [0.2, 0.25) is 0 Å². The molecule has 6 nitrogen and oxygen atoms in total. The van der Waals surface area contributed by atoms with E-state index in [9.17, 15) is 14.7 Å². The summed E-state index contributed by atoms with van der Waals surface area (Å²) in [4.78, 5) is 30.8. The van der Waals surface area contributed by atoms with E-state index in [0.29, 0.717) is 17.0 Å². The molecule has 0 bridgehead atoms. The standard InChI is InChI=1S/C27H26N3O3.Ni/c31-25(32)18-28-26(21-12-5-2-6-13-21)22-14-7-8-15-23(22)29-27(33)24-16-9-17-30(24)19-20-10-3-1-4-11-20;/h1-8,10-15,19,24H,9,16-18H2,(H2,28,29,31,32,33);/q-1;+2/p-1/t24-;/m0./s1. The van der Waals surface area contributed by atoms with Gasteiger partial charge in [-0.3, -0.25) is 9.79 Å². The molecule has 0 aromatic heterocycles. The second-order valence-corrected chi connectivity index (χ2v) is 7.83. The molecule has 3 aromatic rings. The maximum atomic E-state index is 13.2. The summed E-state index contributed by atoms with van der Waals surface area (Å²) in [6, 6.07) is 26.2. The van der Waals surface area contributed by atoms with Crippen molar-refractivity contribution in [2.45, 2.75) is 18.9 Å². The van der Waals surface area contributed by atoms with E-state index in [4.69, 9.17) is 0 Å². The summed E-state index contributed by atoms with van der Waals surface area (Å²) in [5.74, 6) is -1.23. The van der Waals surface area contributed by atoms with E-state index in [1.54, 1.807) is 6.07 Å². The molecule has 3 aromatic carbocycles. The number of carboxylic acids is 1. The first-order chi connectivity index (χ1) is 16.1. The molecule has 4 rings (SSSR count). The van der Waals surface area contributed by atoms with Gasteiger partial charge in [-0.25, -0.2) is 0 Å². The first-order valence-electron chi connectivity index (χ1n) is 10.9. The molecule has 0 aliphatic carbocycles. The Morgan fingerprint density at radius 2 is 1.62 bits per heavy atom. The maximum absolute atomic E-state index is 13.2. The predicted molar refractivity (Wildman–Crippen MR) is 129 cm³/mol. The SMILES string of the molecule is O=C(O)CN=C(c1ccccc1)c1ccccc1[N-]C(=O)[C@@H]1CCCN1[CH-]c1ccccc1.[Ni+2]. The Hall–Kier alpha value is -3.41. The smallest absolute Gasteiger partial charge is 0.625 e. The van der Waals surface area contributed by atoms with Crippen molar-refractivity contribution in [1.29, 1.82) is 0 Å². The van der Waals surface area contributed by atoms with Gasteiger partial charge in [0.15, 0.2) is 0 Å². The van der Waals surface area contributed by atoms with Crippen molar-refractivity contribution in [3.05, 3.63) is 113 Å². The van der Waals surface area contributed by atoms with Crippen LogP contribution in [0.15, 0.2) is 89.9 Å². The predicted octanol–water partition coefficient (Wildman–Crippen LogP) is 4.81. The third kappa shape index (κ3) is 6.34. The first-order valence-corrected chi connectivity index (χ1v) is 10.9. The summed E-state index contributed by atoms with van der Waals surface area (Å²) in [6.45, 7) is 2.45. The zero-order valence-corrected chi connectivity index (χ0v) is 19.5. The molecule has 0 spiro atoms. The van der Waals surface area contributed by atoms with Crippen LogP contribution in [0.2, 0.25) is 0 Å². The van der Waals surface area contributed by atoms with E-state index in [1.165, 1.54) is 0 Å². The van der Waals surface area contributed by atoms with Crippen LogP contribution in [0.4, 0.5) is 5.69 Å². The van der Waals surface area contributed by atoms with Crippen LogP contribution >= 0.6 is 0 Å². The number of carbonyl (C=O) groups is 2. The molecule has 1 aliphatic rings. The molecule has 7 heteroatoms. The van der Waals surface area contributed by atoms with Crippen LogP contribution in [0.1, 0.15) is 29.5 Å². The van der Waals surface area contributed by atoms with Crippen LogP contribution in [0.25, 0.3) is 5.32 Å². The Morgan fingerprint density at radius 3 is 2.32 bits per heavy atom. The third-order valence-corrected chi connectivity index (χ3v) is 5.50. The van der Waals surface area contributed by atoms with Gasteiger partial charge < -0.3 is 20.1 Å². The van der Waals surface area contributed by atoms with Gasteiger partial charge in [-0.15, -0.1) is 24.4 Å². The molecule has 0 radical (unpaired) electrons. The Balaban J connectivity index is 0.00000324. The van der Waals surface area contributed by atoms with Crippen molar-refractivity contribution < 1.29 is 31.2 Å². The van der Waals surface area contributed by atoms with Gasteiger partial charge in [0.25, 0.3) is 0 Å². The number of hydrogen-bond acceptors (Lipinski definition) is 4. The second-order valence-electron chi connectivity index (χ2n) is 7.83. The minimum Gasteiger partial charge on any atom is -0.625 e. The molecule has 1 aliphatic heterocycles. The molecule has 1 saturated heterocycles. The van der Waals surface area contributed by atoms with Crippen LogP contribution in [0, 0.1) is 6.54 Å². The van der Waals surface area contributed by atoms with Crippen molar-refractivity contribution in [2.24, 2.45) is 4.99 Å². The van der Waals surface area contributed by atoms with Gasteiger partial charge in [0.05, 0.1) is 11.6 Å². The van der Waals surface area contributed by atoms with Crippen molar-refractivity contribution >= 4 is 23.3 Å². The van der Waals surface area contributed by atoms with E-state index in [2.05, 4.69) is 15.2 Å². The third-order valence-electron chi connectivity index (χ3n) is 5.50. The van der Waals surface area contributed by atoms with E-state index in [0.717, 1.165) is 30.5 Å². The Kier molecular flexibility index (Phi) is 9.03. The Morgan fingerprint density at radius 1 is 0.971 bits per heavy atom. The molecule has 1 amide bonds. The van der Waals surface area contributed by atoms with Gasteiger partial charge in [0, 0.05) is 11.6 Å². The quantitative estimate of drug-likeness (QED) is 0.275. The fourth-order valence-electron chi connectivity index (χ4n) is 3.98. The molecule has 1 N–H and O–H groups in total. The Labute approximate surface area is 209 Å². The maximum Gasteiger partial charge on any atom is 2.00 e. The van der Waals surface area contributed by atoms with E-state index in [-0.39, 0.29) is 35.0 Å². The summed E-state index contributed by atoms with van der Waals surface area (Å²) in [5.41, 5.74) is 3.44. The summed E-state index contributed by atoms with van der Waals surface area (Å²) in [5, 5.41) is 13.6. The van der Waals surface area contributed by atoms with E-state index in [1.807, 2.05) is 85.4 Å². The minimum absolute atomic E-state index is 0. The number of para-hydroxylation sites is 1. The molecule has 1 fully saturated rings. The molecule has 0 saturated carbocycles. The van der Waals surface area contributed by atoms with Crippen LogP contribution < -0.4 is 0 Å². The minimum atomic E-state index is -1.02. The topological polar surface area (TPSA) is 84.1 Å². The van der Waals surface area contributed by atoms with Crippen LogP contribution in [0.5, 0.6) is 0 Å². The first kappa shape index (κ1) is 25.2. The van der Waals surface area contributed by atoms with Crippen molar-refractivity contribution in [3.63, 3.8) is 0 Å². The van der Waals surface area contributed by atoms with Crippen molar-refractivity contribution in [3.8, 4) is 0 Å². The van der Waals surface area contributed by atoms with Crippen LogP contribution in [-0.4, -0.2) is 46.7 Å². The van der Waals surface area contributed by atoms with Crippen molar-refractivity contribution in [1.82, 2.24) is 4.90 Å². The molecule has 34 heavy (non-hydrogen) atoms. The zero-order chi connectivity index (χ0) is 23.0. The normalized spacial score (nSPS) is 15.9. The van der Waals surface area contributed by atoms with Gasteiger partial charge >= 0.3 is 22.5 Å². The number of carboxylic acid groups (broad SMARTS) is 1. The van der Waals surface area contributed by atoms with Crippen LogP contribution in [-0.2, 0) is 26.1 Å². The number of amides is 1. The average Bonchev–Trinajstić information content (AvgIpc) is 3.29. The summed E-state index contributed by atoms with van der Waals surface area (Å²) in [6.07, 6.45) is 1.67. The number of benzene rings is 3. The van der Waals surface area contributed by atoms with Crippen LogP contribution in [0.3, 0.4) is 0 Å². The number of aliphatic carboxylic acids is 1. The monoisotopic (exact) mass is 497 g/mol. The fraction of sp³-hybridized carbons (Fsp3) is 0.185. The molecule has 0 unspecified atom stereocenters. The molecule has 176 valence electrons. The number of carbonyl (C=O) groups excluding carboxylic acids is 1. The average molecular weight is 498 g/mol. The van der Waals surface area contributed by atoms with Gasteiger partial charge in [-0.1, -0.05) is 60.7 Å². The molecular formula is C27H25N3NiO3. The Bertz CT molecular complexity index is 1140. The number of nitrogens with zero attached hydrogens (tertiary/aromatic N) is 3. The van der Waals surface area contributed by atoms with E-state index < -0.39 is 5.97 Å². The van der Waals surface area contributed by atoms with Gasteiger partial charge in [0.1, 0.15) is 6.54 Å².